The first-order chi connectivity index (χ1) is 9.08. The molecular formula is C15H25NO3. The van der Waals surface area contributed by atoms with E-state index in [1.807, 2.05) is 32.0 Å². The molecule has 2 N–H and O–H groups in total. The maximum absolute atomic E-state index is 10.2. The predicted octanol–water partition coefficient (Wildman–Crippen LogP) is 2.34. The second-order valence-corrected chi connectivity index (χ2v) is 4.71. The number of hydrogen-bond acceptors (Lipinski definition) is 4. The average molecular weight is 267 g/mol. The Hall–Kier alpha value is -1.26. The van der Waals surface area contributed by atoms with Crippen molar-refractivity contribution in [2.24, 2.45) is 0 Å². The van der Waals surface area contributed by atoms with Gasteiger partial charge >= 0.3 is 0 Å². The van der Waals surface area contributed by atoms with Gasteiger partial charge in [-0.2, -0.15) is 0 Å². The third-order valence-electron chi connectivity index (χ3n) is 3.57. The molecule has 0 saturated heterocycles. The zero-order valence-electron chi connectivity index (χ0n) is 12.3. The van der Waals surface area contributed by atoms with Crippen LogP contribution in [0.4, 0.5) is 0 Å². The largest absolute Gasteiger partial charge is 0.497 e. The van der Waals surface area contributed by atoms with Crippen LogP contribution in [0.15, 0.2) is 18.2 Å². The van der Waals surface area contributed by atoms with Crippen molar-refractivity contribution in [3.63, 3.8) is 0 Å². The average Bonchev–Trinajstić information content (AvgIpc) is 2.46. The van der Waals surface area contributed by atoms with Gasteiger partial charge in [-0.05, 0) is 31.0 Å². The maximum atomic E-state index is 10.2. The van der Waals surface area contributed by atoms with Gasteiger partial charge in [0, 0.05) is 18.7 Å². The van der Waals surface area contributed by atoms with Crippen LogP contribution >= 0.6 is 0 Å². The van der Waals surface area contributed by atoms with E-state index in [1.54, 1.807) is 14.2 Å². The molecule has 19 heavy (non-hydrogen) atoms. The molecule has 4 heteroatoms. The number of benzene rings is 1. The highest BCUT2D eigenvalue weighted by atomic mass is 16.5. The number of nitrogens with one attached hydrogen (secondary N) is 1. The molecular weight excluding hydrogens is 242 g/mol. The molecule has 108 valence electrons. The van der Waals surface area contributed by atoms with Gasteiger partial charge in [0.05, 0.1) is 19.8 Å². The van der Waals surface area contributed by atoms with Gasteiger partial charge < -0.3 is 19.9 Å². The van der Waals surface area contributed by atoms with Crippen molar-refractivity contribution < 1.29 is 14.6 Å². The van der Waals surface area contributed by atoms with Crippen molar-refractivity contribution in [1.82, 2.24) is 5.32 Å². The molecule has 0 aromatic heterocycles. The number of ether oxygens (including phenoxy) is 2. The molecule has 0 amide bonds. The second-order valence-electron chi connectivity index (χ2n) is 4.71. The van der Waals surface area contributed by atoms with Gasteiger partial charge in [-0.25, -0.2) is 0 Å². The molecule has 0 bridgehead atoms. The normalized spacial score (nSPS) is 11.4. The van der Waals surface area contributed by atoms with E-state index >= 15 is 0 Å². The predicted molar refractivity (Wildman–Crippen MR) is 76.8 cm³/mol. The number of methoxy groups -OCH3 is 2. The Balaban J connectivity index is 2.66. The summed E-state index contributed by atoms with van der Waals surface area (Å²) in [6.07, 6.45) is 1.48. The zero-order valence-corrected chi connectivity index (χ0v) is 12.3. The van der Waals surface area contributed by atoms with Crippen molar-refractivity contribution in [2.45, 2.75) is 38.8 Å². The third kappa shape index (κ3) is 4.40. The first kappa shape index (κ1) is 15.8. The Bertz CT molecular complexity index is 389. The number of rotatable bonds is 8. The molecule has 0 aliphatic heterocycles. The first-order valence-corrected chi connectivity index (χ1v) is 6.72. The van der Waals surface area contributed by atoms with Crippen LogP contribution in [-0.4, -0.2) is 31.5 Å². The molecule has 1 rings (SSSR count). The van der Waals surface area contributed by atoms with Crippen LogP contribution in [0.5, 0.6) is 11.5 Å². The van der Waals surface area contributed by atoms with Gasteiger partial charge in [0.15, 0.2) is 0 Å². The Labute approximate surface area is 115 Å². The van der Waals surface area contributed by atoms with Gasteiger partial charge in [0.25, 0.3) is 0 Å². The van der Waals surface area contributed by atoms with Crippen molar-refractivity contribution >= 4 is 0 Å². The van der Waals surface area contributed by atoms with Crippen LogP contribution in [0.1, 0.15) is 32.3 Å². The van der Waals surface area contributed by atoms with Crippen molar-refractivity contribution in [3.05, 3.63) is 23.8 Å². The third-order valence-corrected chi connectivity index (χ3v) is 3.57. The zero-order chi connectivity index (χ0) is 14.3. The minimum absolute atomic E-state index is 0.570. The molecule has 0 fully saturated rings. The van der Waals surface area contributed by atoms with Crippen LogP contribution in [-0.2, 0) is 6.54 Å². The Morgan fingerprint density at radius 3 is 2.37 bits per heavy atom. The highest BCUT2D eigenvalue weighted by Crippen LogP contribution is 2.24. The molecule has 0 heterocycles. The van der Waals surface area contributed by atoms with Crippen LogP contribution in [0.25, 0.3) is 0 Å². The summed E-state index contributed by atoms with van der Waals surface area (Å²) in [5.74, 6) is 1.63. The number of aliphatic hydroxyl groups is 1. The minimum atomic E-state index is -0.633. The molecule has 4 nitrogen and oxygen atoms in total. The van der Waals surface area contributed by atoms with Gasteiger partial charge in [-0.1, -0.05) is 13.8 Å². The highest BCUT2D eigenvalue weighted by Gasteiger charge is 2.21. The van der Waals surface area contributed by atoms with Crippen LogP contribution < -0.4 is 14.8 Å². The van der Waals surface area contributed by atoms with Gasteiger partial charge in [0.1, 0.15) is 11.5 Å². The maximum Gasteiger partial charge on any atom is 0.123 e. The lowest BCUT2D eigenvalue weighted by Gasteiger charge is -2.25. The van der Waals surface area contributed by atoms with Crippen molar-refractivity contribution in [3.8, 4) is 11.5 Å². The summed E-state index contributed by atoms with van der Waals surface area (Å²) in [5.41, 5.74) is 0.392. The Morgan fingerprint density at radius 2 is 1.84 bits per heavy atom. The van der Waals surface area contributed by atoms with E-state index in [0.717, 1.165) is 29.9 Å². The Kier molecular flexibility index (Phi) is 6.12. The lowest BCUT2D eigenvalue weighted by atomic mass is 9.97. The fourth-order valence-electron chi connectivity index (χ4n) is 1.95. The van der Waals surface area contributed by atoms with E-state index in [4.69, 9.17) is 9.47 Å². The molecule has 0 atom stereocenters. The summed E-state index contributed by atoms with van der Waals surface area (Å²) in [4.78, 5) is 0. The SMILES string of the molecule is CCC(O)(CC)CNCc1cc(OC)ccc1OC. The quantitative estimate of drug-likeness (QED) is 0.759. The van der Waals surface area contributed by atoms with E-state index in [2.05, 4.69) is 5.32 Å². The van der Waals surface area contributed by atoms with E-state index in [1.165, 1.54) is 0 Å². The van der Waals surface area contributed by atoms with Gasteiger partial charge in [-0.3, -0.25) is 0 Å². The summed E-state index contributed by atoms with van der Waals surface area (Å²) >= 11 is 0. The molecule has 0 saturated carbocycles. The standard InChI is InChI=1S/C15H25NO3/c1-5-15(17,6-2)11-16-10-12-9-13(18-3)7-8-14(12)19-4/h7-9,16-17H,5-6,10-11H2,1-4H3. The Morgan fingerprint density at radius 1 is 1.16 bits per heavy atom. The minimum Gasteiger partial charge on any atom is -0.497 e. The monoisotopic (exact) mass is 267 g/mol. The van der Waals surface area contributed by atoms with Crippen LogP contribution in [0.2, 0.25) is 0 Å². The summed E-state index contributed by atoms with van der Waals surface area (Å²) in [6.45, 7) is 5.21. The molecule has 0 aliphatic rings. The molecule has 1 aromatic carbocycles. The number of hydrogen-bond donors (Lipinski definition) is 2. The molecule has 0 unspecified atom stereocenters. The highest BCUT2D eigenvalue weighted by molar-refractivity contribution is 5.40. The summed E-state index contributed by atoms with van der Waals surface area (Å²) in [5, 5.41) is 13.5. The fraction of sp³-hybridized carbons (Fsp3) is 0.600. The van der Waals surface area contributed by atoms with E-state index in [-0.39, 0.29) is 0 Å². The molecule has 0 aliphatic carbocycles. The van der Waals surface area contributed by atoms with E-state index < -0.39 is 5.60 Å². The van der Waals surface area contributed by atoms with Crippen LogP contribution in [0.3, 0.4) is 0 Å². The van der Waals surface area contributed by atoms with E-state index in [0.29, 0.717) is 13.1 Å². The molecule has 0 radical (unpaired) electrons. The smallest absolute Gasteiger partial charge is 0.123 e. The van der Waals surface area contributed by atoms with E-state index in [9.17, 15) is 5.11 Å². The van der Waals surface area contributed by atoms with Gasteiger partial charge in [-0.15, -0.1) is 0 Å². The summed E-state index contributed by atoms with van der Waals surface area (Å²) < 4.78 is 10.5. The summed E-state index contributed by atoms with van der Waals surface area (Å²) in [7, 11) is 3.30. The van der Waals surface area contributed by atoms with Crippen molar-refractivity contribution in [1.29, 1.82) is 0 Å². The lowest BCUT2D eigenvalue weighted by molar-refractivity contribution is 0.0322. The molecule has 0 spiro atoms. The summed E-state index contributed by atoms with van der Waals surface area (Å²) in [6, 6.07) is 5.71. The van der Waals surface area contributed by atoms with Gasteiger partial charge in [0.2, 0.25) is 0 Å². The topological polar surface area (TPSA) is 50.7 Å². The van der Waals surface area contributed by atoms with Crippen molar-refractivity contribution in [2.75, 3.05) is 20.8 Å². The molecule has 1 aromatic rings. The van der Waals surface area contributed by atoms with Crippen LogP contribution in [0, 0.1) is 0 Å². The fourth-order valence-corrected chi connectivity index (χ4v) is 1.95. The first-order valence-electron chi connectivity index (χ1n) is 6.72. The second kappa shape index (κ2) is 7.36. The lowest BCUT2D eigenvalue weighted by Crippen LogP contribution is -2.39.